The Bertz CT molecular complexity index is 901. The van der Waals surface area contributed by atoms with Gasteiger partial charge in [0, 0.05) is 17.1 Å². The van der Waals surface area contributed by atoms with Crippen LogP contribution in [0.15, 0.2) is 41.9 Å². The highest BCUT2D eigenvalue weighted by atomic mass is 35.5. The number of amides is 1. The highest BCUT2D eigenvalue weighted by Gasteiger charge is 2.15. The van der Waals surface area contributed by atoms with Gasteiger partial charge >= 0.3 is 0 Å². The predicted octanol–water partition coefficient (Wildman–Crippen LogP) is 4.26. The molecule has 24 heavy (non-hydrogen) atoms. The van der Waals surface area contributed by atoms with Gasteiger partial charge in [-0.25, -0.2) is 14.4 Å². The zero-order valence-corrected chi connectivity index (χ0v) is 14.0. The summed E-state index contributed by atoms with van der Waals surface area (Å²) in [6, 6.07) is 7.34. The molecule has 1 amide bonds. The molecule has 8 heteroatoms. The summed E-state index contributed by atoms with van der Waals surface area (Å²) in [6.07, 6.45) is 1.50. The number of carbonyl (C=O) groups excluding carboxylic acids is 1. The molecule has 0 unspecified atom stereocenters. The van der Waals surface area contributed by atoms with Gasteiger partial charge in [-0.3, -0.25) is 10.1 Å². The summed E-state index contributed by atoms with van der Waals surface area (Å²) in [4.78, 5) is 20.4. The van der Waals surface area contributed by atoms with Gasteiger partial charge in [0.05, 0.1) is 18.4 Å². The van der Waals surface area contributed by atoms with Crippen molar-refractivity contribution in [3.63, 3.8) is 0 Å². The van der Waals surface area contributed by atoms with E-state index < -0.39 is 11.7 Å². The molecule has 0 aliphatic heterocycles. The second-order valence-corrected chi connectivity index (χ2v) is 5.89. The first kappa shape index (κ1) is 16.4. The molecule has 0 saturated carbocycles. The summed E-state index contributed by atoms with van der Waals surface area (Å²) < 4.78 is 18.7. The molecule has 2 aromatic heterocycles. The van der Waals surface area contributed by atoms with Crippen LogP contribution in [0.2, 0.25) is 5.15 Å². The van der Waals surface area contributed by atoms with Gasteiger partial charge in [-0.05, 0) is 30.3 Å². The fraction of sp³-hybridized carbons (Fsp3) is 0.0625. The van der Waals surface area contributed by atoms with Crippen molar-refractivity contribution in [2.45, 2.75) is 0 Å². The first-order valence-corrected chi connectivity index (χ1v) is 8.05. The number of anilines is 1. The standard InChI is InChI=1S/C16H11ClFN3O2S/c1-23-13-5-4-9(18)7-11(13)12-8-24-16(20-12)21-15(22)10-3-2-6-19-14(10)17/h2-8H,1H3,(H,20,21,22). The Morgan fingerprint density at radius 2 is 2.21 bits per heavy atom. The smallest absolute Gasteiger partial charge is 0.260 e. The predicted molar refractivity (Wildman–Crippen MR) is 91.3 cm³/mol. The lowest BCUT2D eigenvalue weighted by molar-refractivity contribution is 0.102. The maximum Gasteiger partial charge on any atom is 0.260 e. The molecule has 0 fully saturated rings. The molecule has 122 valence electrons. The molecular weight excluding hydrogens is 353 g/mol. The van der Waals surface area contributed by atoms with E-state index >= 15 is 0 Å². The topological polar surface area (TPSA) is 64.1 Å². The number of hydrogen-bond acceptors (Lipinski definition) is 5. The number of hydrogen-bond donors (Lipinski definition) is 1. The number of pyridine rings is 1. The molecule has 0 radical (unpaired) electrons. The van der Waals surface area contributed by atoms with Gasteiger partial charge < -0.3 is 4.74 Å². The average molecular weight is 364 g/mol. The van der Waals surface area contributed by atoms with E-state index in [1.807, 2.05) is 0 Å². The Morgan fingerprint density at radius 1 is 1.38 bits per heavy atom. The number of ether oxygens (including phenoxy) is 1. The van der Waals surface area contributed by atoms with E-state index in [1.54, 1.807) is 17.5 Å². The van der Waals surface area contributed by atoms with Crippen LogP contribution < -0.4 is 10.1 Å². The van der Waals surface area contributed by atoms with Gasteiger partial charge in [0.2, 0.25) is 0 Å². The molecule has 2 heterocycles. The van der Waals surface area contributed by atoms with Gasteiger partial charge in [0.25, 0.3) is 5.91 Å². The van der Waals surface area contributed by atoms with E-state index in [0.29, 0.717) is 22.1 Å². The minimum Gasteiger partial charge on any atom is -0.496 e. The van der Waals surface area contributed by atoms with Crippen molar-refractivity contribution < 1.29 is 13.9 Å². The van der Waals surface area contributed by atoms with Gasteiger partial charge in [-0.1, -0.05) is 11.6 Å². The van der Waals surface area contributed by atoms with Crippen LogP contribution in [0.25, 0.3) is 11.3 Å². The monoisotopic (exact) mass is 363 g/mol. The second-order valence-electron chi connectivity index (χ2n) is 4.68. The molecule has 5 nitrogen and oxygen atoms in total. The van der Waals surface area contributed by atoms with Crippen LogP contribution in [0.3, 0.4) is 0 Å². The van der Waals surface area contributed by atoms with Crippen LogP contribution >= 0.6 is 22.9 Å². The van der Waals surface area contributed by atoms with Crippen LogP contribution in [0, 0.1) is 5.82 Å². The Morgan fingerprint density at radius 3 is 2.96 bits per heavy atom. The lowest BCUT2D eigenvalue weighted by atomic mass is 10.1. The van der Waals surface area contributed by atoms with Gasteiger partial charge in [0.15, 0.2) is 5.13 Å². The normalized spacial score (nSPS) is 10.5. The first-order chi connectivity index (χ1) is 11.6. The third-order valence-electron chi connectivity index (χ3n) is 3.17. The largest absolute Gasteiger partial charge is 0.496 e. The molecule has 0 aliphatic rings. The van der Waals surface area contributed by atoms with Crippen LogP contribution in [0.5, 0.6) is 5.75 Å². The Balaban J connectivity index is 1.85. The van der Waals surface area contributed by atoms with E-state index in [9.17, 15) is 9.18 Å². The van der Waals surface area contributed by atoms with E-state index in [1.165, 1.54) is 42.8 Å². The number of rotatable bonds is 4. The SMILES string of the molecule is COc1ccc(F)cc1-c1csc(NC(=O)c2cccnc2Cl)n1. The fourth-order valence-electron chi connectivity index (χ4n) is 2.06. The minimum atomic E-state index is -0.416. The van der Waals surface area contributed by atoms with Crippen molar-refractivity contribution in [1.29, 1.82) is 0 Å². The Labute approximate surface area is 146 Å². The highest BCUT2D eigenvalue weighted by molar-refractivity contribution is 7.14. The van der Waals surface area contributed by atoms with Gasteiger partial charge in [-0.15, -0.1) is 11.3 Å². The van der Waals surface area contributed by atoms with Crippen LogP contribution in [0.1, 0.15) is 10.4 Å². The summed E-state index contributed by atoms with van der Waals surface area (Å²) in [5, 5.41) is 4.83. The number of carbonyl (C=O) groups is 1. The third kappa shape index (κ3) is 3.37. The zero-order valence-electron chi connectivity index (χ0n) is 12.4. The number of halogens is 2. The van der Waals surface area contributed by atoms with Crippen LogP contribution in [0.4, 0.5) is 9.52 Å². The third-order valence-corrected chi connectivity index (χ3v) is 4.22. The lowest BCUT2D eigenvalue weighted by Crippen LogP contribution is -2.12. The van der Waals surface area contributed by atoms with Gasteiger partial charge in [-0.2, -0.15) is 0 Å². The van der Waals surface area contributed by atoms with Crippen LogP contribution in [-0.2, 0) is 0 Å². The molecule has 0 saturated heterocycles. The summed E-state index contributed by atoms with van der Waals surface area (Å²) in [5.74, 6) is -0.318. The number of benzene rings is 1. The maximum atomic E-state index is 13.5. The molecule has 0 bridgehead atoms. The molecule has 0 spiro atoms. The van der Waals surface area contributed by atoms with E-state index in [-0.39, 0.29) is 10.7 Å². The van der Waals surface area contributed by atoms with Crippen molar-refractivity contribution in [1.82, 2.24) is 9.97 Å². The number of aromatic nitrogens is 2. The van der Waals surface area contributed by atoms with E-state index in [4.69, 9.17) is 16.3 Å². The van der Waals surface area contributed by atoms with Crippen molar-refractivity contribution in [2.24, 2.45) is 0 Å². The molecule has 3 rings (SSSR count). The summed E-state index contributed by atoms with van der Waals surface area (Å²) >= 11 is 7.11. The number of methoxy groups -OCH3 is 1. The first-order valence-electron chi connectivity index (χ1n) is 6.80. The number of thiazole rings is 1. The number of nitrogens with zero attached hydrogens (tertiary/aromatic N) is 2. The quantitative estimate of drug-likeness (QED) is 0.703. The zero-order chi connectivity index (χ0) is 17.1. The molecular formula is C16H11ClFN3O2S. The van der Waals surface area contributed by atoms with Crippen LogP contribution in [-0.4, -0.2) is 23.0 Å². The molecule has 0 aliphatic carbocycles. The Hall–Kier alpha value is -2.51. The van der Waals surface area contributed by atoms with Gasteiger partial charge in [0.1, 0.15) is 16.7 Å². The van der Waals surface area contributed by atoms with Crippen molar-refractivity contribution in [3.05, 3.63) is 58.4 Å². The summed E-state index contributed by atoms with van der Waals surface area (Å²) in [5.41, 5.74) is 1.26. The van der Waals surface area contributed by atoms with Crippen molar-refractivity contribution in [3.8, 4) is 17.0 Å². The van der Waals surface area contributed by atoms with E-state index in [2.05, 4.69) is 15.3 Å². The number of nitrogens with one attached hydrogen (secondary N) is 1. The second kappa shape index (κ2) is 6.94. The van der Waals surface area contributed by atoms with Crippen molar-refractivity contribution >= 4 is 34.0 Å². The minimum absolute atomic E-state index is 0.110. The molecule has 3 aromatic rings. The fourth-order valence-corrected chi connectivity index (χ4v) is 2.97. The Kier molecular flexibility index (Phi) is 4.73. The maximum absolute atomic E-state index is 13.5. The average Bonchev–Trinajstić information content (AvgIpc) is 3.03. The lowest BCUT2D eigenvalue weighted by Gasteiger charge is -2.06. The van der Waals surface area contributed by atoms with E-state index in [0.717, 1.165) is 0 Å². The summed E-state index contributed by atoms with van der Waals surface area (Å²) in [6.45, 7) is 0. The molecule has 1 N–H and O–H groups in total. The van der Waals surface area contributed by atoms with Crippen molar-refractivity contribution in [2.75, 3.05) is 12.4 Å². The molecule has 0 atom stereocenters. The highest BCUT2D eigenvalue weighted by Crippen LogP contribution is 2.33. The molecule has 1 aromatic carbocycles. The summed E-state index contributed by atoms with van der Waals surface area (Å²) in [7, 11) is 1.50.